The standard InChI is InChI=1S/C14H11ClP2/c15-8-5-6-10-9-3-1-2-4-11(9)13(16)14(17)12(10)7-8/h1-7H,16-17H2. The smallest absolute Gasteiger partial charge is 0.0412 e. The van der Waals surface area contributed by atoms with Crippen LogP contribution in [0, 0.1) is 0 Å². The Morgan fingerprint density at radius 1 is 0.706 bits per heavy atom. The third kappa shape index (κ3) is 1.76. The van der Waals surface area contributed by atoms with Crippen molar-refractivity contribution >= 4 is 62.2 Å². The van der Waals surface area contributed by atoms with Gasteiger partial charge in [-0.3, -0.25) is 0 Å². The summed E-state index contributed by atoms with van der Waals surface area (Å²) in [6.45, 7) is 0. The van der Waals surface area contributed by atoms with Crippen molar-refractivity contribution in [3.05, 3.63) is 47.5 Å². The molecule has 84 valence electrons. The van der Waals surface area contributed by atoms with E-state index in [-0.39, 0.29) is 0 Å². The number of benzene rings is 3. The molecule has 0 heterocycles. The van der Waals surface area contributed by atoms with E-state index in [9.17, 15) is 0 Å². The summed E-state index contributed by atoms with van der Waals surface area (Å²) in [7, 11) is 5.64. The molecule has 0 aromatic heterocycles. The van der Waals surface area contributed by atoms with Crippen molar-refractivity contribution in [3.63, 3.8) is 0 Å². The van der Waals surface area contributed by atoms with Gasteiger partial charge in [0.2, 0.25) is 0 Å². The molecule has 0 nitrogen and oxygen atoms in total. The quantitative estimate of drug-likeness (QED) is 0.434. The van der Waals surface area contributed by atoms with Crippen LogP contribution >= 0.6 is 30.1 Å². The van der Waals surface area contributed by atoms with Crippen LogP contribution in [0.1, 0.15) is 0 Å². The minimum Gasteiger partial charge on any atom is -0.104 e. The van der Waals surface area contributed by atoms with Crippen LogP contribution in [0.3, 0.4) is 0 Å². The lowest BCUT2D eigenvalue weighted by atomic mass is 10.0. The van der Waals surface area contributed by atoms with Crippen LogP contribution in [-0.2, 0) is 0 Å². The summed E-state index contributed by atoms with van der Waals surface area (Å²) in [5.41, 5.74) is 0. The lowest BCUT2D eigenvalue weighted by Gasteiger charge is -2.11. The molecule has 17 heavy (non-hydrogen) atoms. The van der Waals surface area contributed by atoms with E-state index in [1.165, 1.54) is 32.2 Å². The van der Waals surface area contributed by atoms with Crippen molar-refractivity contribution in [1.82, 2.24) is 0 Å². The second kappa shape index (κ2) is 4.21. The van der Waals surface area contributed by atoms with E-state index in [4.69, 9.17) is 11.6 Å². The first-order chi connectivity index (χ1) is 8.18. The molecule has 0 amide bonds. The highest BCUT2D eigenvalue weighted by atomic mass is 35.5. The minimum absolute atomic E-state index is 0.779. The molecule has 0 saturated carbocycles. The summed E-state index contributed by atoms with van der Waals surface area (Å²) in [5.74, 6) is 0. The van der Waals surface area contributed by atoms with Gasteiger partial charge in [0.15, 0.2) is 0 Å². The zero-order valence-corrected chi connectivity index (χ0v) is 12.1. The molecule has 0 N–H and O–H groups in total. The average Bonchev–Trinajstić information content (AvgIpc) is 2.36. The van der Waals surface area contributed by atoms with Gasteiger partial charge in [-0.05, 0) is 44.3 Å². The molecule has 0 radical (unpaired) electrons. The fourth-order valence-corrected chi connectivity index (χ4v) is 3.19. The van der Waals surface area contributed by atoms with Gasteiger partial charge in [-0.1, -0.05) is 41.9 Å². The molecule has 0 aliphatic heterocycles. The van der Waals surface area contributed by atoms with Gasteiger partial charge < -0.3 is 0 Å². The van der Waals surface area contributed by atoms with Gasteiger partial charge >= 0.3 is 0 Å². The maximum absolute atomic E-state index is 6.08. The van der Waals surface area contributed by atoms with Crippen molar-refractivity contribution < 1.29 is 0 Å². The molecule has 2 unspecified atom stereocenters. The normalized spacial score (nSPS) is 11.2. The number of fused-ring (bicyclic) bond motifs is 3. The van der Waals surface area contributed by atoms with Gasteiger partial charge in [-0.25, -0.2) is 0 Å². The molecule has 2 atom stereocenters. The summed E-state index contributed by atoms with van der Waals surface area (Å²) < 4.78 is 0. The van der Waals surface area contributed by atoms with E-state index in [0.29, 0.717) is 0 Å². The van der Waals surface area contributed by atoms with Crippen LogP contribution in [0.25, 0.3) is 21.5 Å². The van der Waals surface area contributed by atoms with Crippen molar-refractivity contribution in [3.8, 4) is 0 Å². The van der Waals surface area contributed by atoms with Gasteiger partial charge in [-0.2, -0.15) is 0 Å². The molecule has 3 aromatic rings. The largest absolute Gasteiger partial charge is 0.104 e. The Bertz CT molecular complexity index is 735. The van der Waals surface area contributed by atoms with E-state index in [1.807, 2.05) is 12.1 Å². The first-order valence-electron chi connectivity index (χ1n) is 5.33. The Labute approximate surface area is 110 Å². The molecule has 0 saturated heterocycles. The number of hydrogen-bond donors (Lipinski definition) is 0. The van der Waals surface area contributed by atoms with Gasteiger partial charge in [0, 0.05) is 5.02 Å². The summed E-state index contributed by atoms with van der Waals surface area (Å²) in [6.07, 6.45) is 0. The lowest BCUT2D eigenvalue weighted by Crippen LogP contribution is -2.13. The molecule has 0 aliphatic rings. The monoisotopic (exact) mass is 276 g/mol. The highest BCUT2D eigenvalue weighted by molar-refractivity contribution is 7.37. The summed E-state index contributed by atoms with van der Waals surface area (Å²) >= 11 is 6.08. The van der Waals surface area contributed by atoms with E-state index in [1.54, 1.807) is 0 Å². The van der Waals surface area contributed by atoms with Crippen molar-refractivity contribution in [2.75, 3.05) is 0 Å². The second-order valence-corrected chi connectivity index (χ2v) is 5.65. The van der Waals surface area contributed by atoms with Crippen molar-refractivity contribution in [1.29, 1.82) is 0 Å². The predicted octanol–water partition coefficient (Wildman–Crippen LogP) is 3.65. The Morgan fingerprint density at radius 2 is 1.29 bits per heavy atom. The predicted molar refractivity (Wildman–Crippen MR) is 85.2 cm³/mol. The first kappa shape index (κ1) is 11.4. The van der Waals surface area contributed by atoms with Crippen LogP contribution in [-0.4, -0.2) is 0 Å². The Hall–Kier alpha value is -0.670. The number of halogens is 1. The fraction of sp³-hybridized carbons (Fsp3) is 0. The first-order valence-corrected chi connectivity index (χ1v) is 6.86. The SMILES string of the molecule is Pc1c(P)c2cc(Cl)ccc2c2ccccc12. The zero-order chi connectivity index (χ0) is 12.0. The van der Waals surface area contributed by atoms with Crippen LogP contribution in [0.5, 0.6) is 0 Å². The molecule has 0 aliphatic carbocycles. The van der Waals surface area contributed by atoms with Gasteiger partial charge in [0.1, 0.15) is 0 Å². The highest BCUT2D eigenvalue weighted by Crippen LogP contribution is 2.27. The van der Waals surface area contributed by atoms with E-state index < -0.39 is 0 Å². The molecule has 3 heteroatoms. The van der Waals surface area contributed by atoms with Gasteiger partial charge in [0.25, 0.3) is 0 Å². The molecular weight excluding hydrogens is 266 g/mol. The highest BCUT2D eigenvalue weighted by Gasteiger charge is 2.08. The topological polar surface area (TPSA) is 0 Å². The van der Waals surface area contributed by atoms with Crippen molar-refractivity contribution in [2.45, 2.75) is 0 Å². The van der Waals surface area contributed by atoms with Gasteiger partial charge in [0.05, 0.1) is 0 Å². The molecular formula is C14H11ClP2. The third-order valence-electron chi connectivity index (χ3n) is 3.07. The fourth-order valence-electron chi connectivity index (χ4n) is 2.22. The summed E-state index contributed by atoms with van der Waals surface area (Å²) in [4.78, 5) is 0. The van der Waals surface area contributed by atoms with Crippen LogP contribution in [0.15, 0.2) is 42.5 Å². The maximum atomic E-state index is 6.08. The summed E-state index contributed by atoms with van der Waals surface area (Å²) in [5, 5.41) is 8.20. The Balaban J connectivity index is 2.65. The van der Waals surface area contributed by atoms with Crippen LogP contribution < -0.4 is 10.6 Å². The second-order valence-electron chi connectivity index (χ2n) is 4.06. The van der Waals surface area contributed by atoms with Crippen LogP contribution in [0.2, 0.25) is 5.02 Å². The maximum Gasteiger partial charge on any atom is 0.0412 e. The third-order valence-corrected chi connectivity index (χ3v) is 4.88. The lowest BCUT2D eigenvalue weighted by molar-refractivity contribution is 1.80. The van der Waals surface area contributed by atoms with E-state index in [0.717, 1.165) is 5.02 Å². The van der Waals surface area contributed by atoms with E-state index in [2.05, 4.69) is 48.8 Å². The zero-order valence-electron chi connectivity index (χ0n) is 9.07. The number of hydrogen-bond acceptors (Lipinski definition) is 0. The molecule has 3 aromatic carbocycles. The number of rotatable bonds is 0. The summed E-state index contributed by atoms with van der Waals surface area (Å²) in [6, 6.07) is 14.5. The molecule has 0 fully saturated rings. The van der Waals surface area contributed by atoms with Crippen molar-refractivity contribution in [2.24, 2.45) is 0 Å². The van der Waals surface area contributed by atoms with E-state index >= 15 is 0 Å². The molecule has 0 spiro atoms. The Morgan fingerprint density at radius 3 is 2.06 bits per heavy atom. The Kier molecular flexibility index (Phi) is 2.83. The average molecular weight is 277 g/mol. The molecule has 0 bridgehead atoms. The van der Waals surface area contributed by atoms with Gasteiger partial charge in [-0.15, -0.1) is 18.5 Å². The molecule has 3 rings (SSSR count). The van der Waals surface area contributed by atoms with Crippen LogP contribution in [0.4, 0.5) is 0 Å². The minimum atomic E-state index is 0.779.